The summed E-state index contributed by atoms with van der Waals surface area (Å²) in [6.07, 6.45) is 6.03. The highest BCUT2D eigenvalue weighted by molar-refractivity contribution is 6.05. The van der Waals surface area contributed by atoms with Crippen LogP contribution in [0.2, 0.25) is 0 Å². The zero-order valence-electron chi connectivity index (χ0n) is 22.7. The molecule has 12 heteroatoms. The van der Waals surface area contributed by atoms with Gasteiger partial charge in [0.1, 0.15) is 0 Å². The summed E-state index contributed by atoms with van der Waals surface area (Å²) in [6.45, 7) is 0.181. The van der Waals surface area contributed by atoms with Crippen molar-refractivity contribution in [2.24, 2.45) is 10.2 Å². The zero-order chi connectivity index (χ0) is 29.2. The molecule has 4 N–H and O–H groups in total. The van der Waals surface area contributed by atoms with Crippen molar-refractivity contribution < 1.29 is 14.5 Å². The third-order valence-corrected chi connectivity index (χ3v) is 6.94. The molecule has 41 heavy (non-hydrogen) atoms. The first kappa shape index (κ1) is 28.9. The Labute approximate surface area is 237 Å². The molecule has 12 nitrogen and oxygen atoms in total. The smallest absolute Gasteiger partial charge is 0.310 e. The van der Waals surface area contributed by atoms with E-state index < -0.39 is 16.9 Å². The second-order valence-corrected chi connectivity index (χ2v) is 9.67. The number of urea groups is 1. The molecule has 1 fully saturated rings. The van der Waals surface area contributed by atoms with Crippen LogP contribution >= 0.6 is 0 Å². The first-order chi connectivity index (χ1) is 19.9. The summed E-state index contributed by atoms with van der Waals surface area (Å²) in [4.78, 5) is 38.3. The van der Waals surface area contributed by atoms with E-state index in [2.05, 4.69) is 38.4 Å². The van der Waals surface area contributed by atoms with Crippen LogP contribution in [0.1, 0.15) is 59.5 Å². The molecule has 1 saturated carbocycles. The maximum atomic E-state index is 13.5. The van der Waals surface area contributed by atoms with Crippen molar-refractivity contribution in [3.8, 4) is 0 Å². The SMILES string of the molecule is CN/N=C(\N=N)NC(=O)c1ccc(CN(C(=O)Nc2cccc([N+](=O)[O-])c2)c2ccc(C3CCCCC3)cc2)cc1. The molecule has 0 heterocycles. The van der Waals surface area contributed by atoms with Crippen LogP contribution in [-0.2, 0) is 6.54 Å². The minimum absolute atomic E-state index is 0.124. The standard InChI is InChI=1S/C29H32N8O4/c1-31-35-28(34-30)33-27(38)23-12-10-20(11-13-23)19-36(29(39)32-24-8-5-9-26(18-24)37(40)41)25-16-14-22(15-17-25)21-6-3-2-4-7-21/h5,8-18,21,30-31H,2-4,6-7,19H2,1H3,(H,32,39)(H,33,35,38). The number of nitrogens with zero attached hydrogens (tertiary/aromatic N) is 4. The van der Waals surface area contributed by atoms with Gasteiger partial charge in [-0.3, -0.25) is 25.1 Å². The van der Waals surface area contributed by atoms with Gasteiger partial charge in [-0.15, -0.1) is 10.2 Å². The summed E-state index contributed by atoms with van der Waals surface area (Å²) in [5.41, 5.74) is 12.7. The fraction of sp³-hybridized carbons (Fsp3) is 0.276. The van der Waals surface area contributed by atoms with Crippen LogP contribution in [0.5, 0.6) is 0 Å². The van der Waals surface area contributed by atoms with Crippen molar-refractivity contribution in [1.29, 1.82) is 5.53 Å². The minimum atomic E-state index is -0.513. The third kappa shape index (κ3) is 7.72. The van der Waals surface area contributed by atoms with Crippen LogP contribution in [0.15, 0.2) is 83.0 Å². The highest BCUT2D eigenvalue weighted by Gasteiger charge is 2.20. The fourth-order valence-electron chi connectivity index (χ4n) is 4.84. The lowest BCUT2D eigenvalue weighted by molar-refractivity contribution is -0.384. The maximum absolute atomic E-state index is 13.5. The number of guanidine groups is 1. The molecule has 3 aromatic rings. The van der Waals surface area contributed by atoms with Crippen molar-refractivity contribution in [1.82, 2.24) is 10.7 Å². The first-order valence-corrected chi connectivity index (χ1v) is 13.3. The number of anilines is 2. The van der Waals surface area contributed by atoms with E-state index in [1.54, 1.807) is 35.2 Å². The molecule has 3 amide bonds. The summed E-state index contributed by atoms with van der Waals surface area (Å²) in [5.74, 6) is -0.146. The van der Waals surface area contributed by atoms with E-state index in [0.717, 1.165) is 18.4 Å². The number of amides is 3. The number of nitro groups is 1. The molecule has 0 aliphatic heterocycles. The van der Waals surface area contributed by atoms with Crippen molar-refractivity contribution >= 4 is 35.0 Å². The van der Waals surface area contributed by atoms with E-state index in [1.165, 1.54) is 50.1 Å². The van der Waals surface area contributed by atoms with Crippen LogP contribution in [0.4, 0.5) is 21.9 Å². The minimum Gasteiger partial charge on any atom is -0.310 e. The molecule has 0 atom stereocenters. The Morgan fingerprint density at radius 1 is 1.02 bits per heavy atom. The third-order valence-electron chi connectivity index (χ3n) is 6.94. The van der Waals surface area contributed by atoms with Crippen LogP contribution in [0.25, 0.3) is 0 Å². The lowest BCUT2D eigenvalue weighted by atomic mass is 9.84. The number of hydrazone groups is 1. The number of carbonyl (C=O) groups is 2. The Morgan fingerprint density at radius 3 is 2.37 bits per heavy atom. The van der Waals surface area contributed by atoms with Crippen molar-refractivity contribution in [3.05, 3.63) is 99.6 Å². The molecule has 0 saturated heterocycles. The molecular formula is C29H32N8O4. The summed E-state index contributed by atoms with van der Waals surface area (Å²) >= 11 is 0. The van der Waals surface area contributed by atoms with Crippen LogP contribution < -0.4 is 21.0 Å². The zero-order valence-corrected chi connectivity index (χ0v) is 22.7. The van der Waals surface area contributed by atoms with Crippen LogP contribution in [-0.4, -0.2) is 29.9 Å². The summed E-state index contributed by atoms with van der Waals surface area (Å²) in [7, 11) is 1.52. The lowest BCUT2D eigenvalue weighted by Crippen LogP contribution is -2.34. The molecule has 212 valence electrons. The second kappa shape index (κ2) is 13.8. The highest BCUT2D eigenvalue weighted by Crippen LogP contribution is 2.33. The number of nitro benzene ring substituents is 1. The average molecular weight is 557 g/mol. The molecule has 0 bridgehead atoms. The largest absolute Gasteiger partial charge is 0.326 e. The van der Waals surface area contributed by atoms with Gasteiger partial charge in [-0.05, 0) is 60.2 Å². The van der Waals surface area contributed by atoms with Gasteiger partial charge < -0.3 is 10.7 Å². The number of hydrogen-bond donors (Lipinski definition) is 4. The summed E-state index contributed by atoms with van der Waals surface area (Å²) in [6, 6.07) is 20.0. The molecule has 1 aliphatic rings. The van der Waals surface area contributed by atoms with E-state index in [4.69, 9.17) is 5.53 Å². The number of nitrogens with one attached hydrogen (secondary N) is 4. The molecule has 0 unspecified atom stereocenters. The average Bonchev–Trinajstić information content (AvgIpc) is 3.00. The van der Waals surface area contributed by atoms with Gasteiger partial charge in [-0.2, -0.15) is 0 Å². The predicted molar refractivity (Wildman–Crippen MR) is 156 cm³/mol. The normalized spacial score (nSPS) is 13.6. The monoisotopic (exact) mass is 556 g/mol. The number of hydrogen-bond acceptors (Lipinski definition) is 7. The molecule has 0 spiro atoms. The number of benzene rings is 3. The van der Waals surface area contributed by atoms with E-state index in [-0.39, 0.29) is 18.2 Å². The lowest BCUT2D eigenvalue weighted by Gasteiger charge is -2.25. The highest BCUT2D eigenvalue weighted by atomic mass is 16.6. The van der Waals surface area contributed by atoms with Crippen LogP contribution in [0.3, 0.4) is 0 Å². The Balaban J connectivity index is 1.56. The van der Waals surface area contributed by atoms with Gasteiger partial charge in [0.15, 0.2) is 0 Å². The fourth-order valence-corrected chi connectivity index (χ4v) is 4.84. The summed E-state index contributed by atoms with van der Waals surface area (Å²) in [5, 5.41) is 23.3. The van der Waals surface area contributed by atoms with Gasteiger partial charge in [0.25, 0.3) is 17.6 Å². The van der Waals surface area contributed by atoms with Gasteiger partial charge in [0.05, 0.1) is 11.5 Å². The van der Waals surface area contributed by atoms with E-state index in [1.807, 2.05) is 12.1 Å². The van der Waals surface area contributed by atoms with Crippen molar-refractivity contribution in [2.45, 2.75) is 44.6 Å². The second-order valence-electron chi connectivity index (χ2n) is 9.67. The number of carbonyl (C=O) groups excluding carboxylic acids is 2. The molecule has 0 radical (unpaired) electrons. The quantitative estimate of drug-likeness (QED) is 0.0860. The van der Waals surface area contributed by atoms with Gasteiger partial charge in [-0.1, -0.05) is 49.6 Å². The predicted octanol–water partition coefficient (Wildman–Crippen LogP) is 6.13. The van der Waals surface area contributed by atoms with Gasteiger partial charge in [0.2, 0.25) is 0 Å². The molecule has 3 aromatic carbocycles. The van der Waals surface area contributed by atoms with Gasteiger partial charge >= 0.3 is 6.03 Å². The van der Waals surface area contributed by atoms with E-state index in [9.17, 15) is 19.7 Å². The Bertz CT molecular complexity index is 1420. The van der Waals surface area contributed by atoms with E-state index >= 15 is 0 Å². The van der Waals surface area contributed by atoms with Crippen molar-refractivity contribution in [3.63, 3.8) is 0 Å². The Kier molecular flexibility index (Phi) is 9.71. The van der Waals surface area contributed by atoms with Gasteiger partial charge in [0, 0.05) is 36.1 Å². The summed E-state index contributed by atoms with van der Waals surface area (Å²) < 4.78 is 0. The number of non-ortho nitro benzene ring substituents is 1. The molecule has 1 aliphatic carbocycles. The maximum Gasteiger partial charge on any atom is 0.326 e. The molecular weight excluding hydrogens is 524 g/mol. The topological polar surface area (TPSA) is 165 Å². The van der Waals surface area contributed by atoms with Crippen LogP contribution in [0, 0.1) is 15.6 Å². The first-order valence-electron chi connectivity index (χ1n) is 13.3. The van der Waals surface area contributed by atoms with Crippen molar-refractivity contribution in [2.75, 3.05) is 17.3 Å². The number of rotatable bonds is 8. The van der Waals surface area contributed by atoms with E-state index in [0.29, 0.717) is 22.9 Å². The Morgan fingerprint density at radius 2 is 1.73 bits per heavy atom. The Hall–Kier alpha value is -5.13. The molecule has 0 aromatic heterocycles. The van der Waals surface area contributed by atoms with Gasteiger partial charge in [-0.25, -0.2) is 10.3 Å². The molecule has 4 rings (SSSR count).